The van der Waals surface area contributed by atoms with Crippen LogP contribution < -0.4 is 5.32 Å². The summed E-state index contributed by atoms with van der Waals surface area (Å²) in [6.07, 6.45) is -0.752. The highest BCUT2D eigenvalue weighted by Crippen LogP contribution is 2.23. The molecular formula is C15H28F3N3. The van der Waals surface area contributed by atoms with Crippen LogP contribution in [0, 0.1) is 11.8 Å². The first-order chi connectivity index (χ1) is 9.83. The first-order valence-corrected chi connectivity index (χ1v) is 8.04. The Kier molecular flexibility index (Phi) is 5.91. The van der Waals surface area contributed by atoms with Crippen LogP contribution in [0.5, 0.6) is 0 Å². The van der Waals surface area contributed by atoms with Crippen LogP contribution in [0.2, 0.25) is 0 Å². The molecule has 124 valence electrons. The molecule has 2 heterocycles. The number of halogens is 3. The molecule has 0 saturated carbocycles. The summed E-state index contributed by atoms with van der Waals surface area (Å²) in [4.78, 5) is 3.89. The smallest absolute Gasteiger partial charge is 0.314 e. The van der Waals surface area contributed by atoms with Gasteiger partial charge in [-0.3, -0.25) is 4.90 Å². The van der Waals surface area contributed by atoms with Gasteiger partial charge in [-0.05, 0) is 71.2 Å². The number of alkyl halides is 3. The van der Waals surface area contributed by atoms with Gasteiger partial charge in [0.15, 0.2) is 0 Å². The fourth-order valence-corrected chi connectivity index (χ4v) is 3.52. The average Bonchev–Trinajstić information content (AvgIpc) is 2.82. The van der Waals surface area contributed by atoms with Gasteiger partial charge < -0.3 is 10.2 Å². The maximum atomic E-state index is 12.4. The molecule has 1 N–H and O–H groups in total. The second-order valence-electron chi connectivity index (χ2n) is 6.84. The molecular weight excluding hydrogens is 279 g/mol. The SMILES string of the molecule is CC(NCC1CCN(CC(F)(F)F)C1)C1CCN(C)CC1. The molecule has 0 spiro atoms. The molecule has 2 aliphatic rings. The minimum atomic E-state index is -4.07. The molecule has 6 heteroatoms. The second-order valence-corrected chi connectivity index (χ2v) is 6.84. The van der Waals surface area contributed by atoms with Gasteiger partial charge in [-0.1, -0.05) is 0 Å². The fraction of sp³-hybridized carbons (Fsp3) is 1.00. The second kappa shape index (κ2) is 7.29. The van der Waals surface area contributed by atoms with Gasteiger partial charge in [0.2, 0.25) is 0 Å². The van der Waals surface area contributed by atoms with E-state index < -0.39 is 12.7 Å². The van der Waals surface area contributed by atoms with Crippen LogP contribution in [0.4, 0.5) is 13.2 Å². The number of hydrogen-bond donors (Lipinski definition) is 1. The van der Waals surface area contributed by atoms with Crippen LogP contribution in [0.1, 0.15) is 26.2 Å². The Morgan fingerprint density at radius 3 is 2.43 bits per heavy atom. The van der Waals surface area contributed by atoms with E-state index >= 15 is 0 Å². The summed E-state index contributed by atoms with van der Waals surface area (Å²) in [5, 5.41) is 3.57. The summed E-state index contributed by atoms with van der Waals surface area (Å²) in [5.74, 6) is 1.06. The molecule has 0 aliphatic carbocycles. The summed E-state index contributed by atoms with van der Waals surface area (Å²) in [6, 6.07) is 0.468. The fourth-order valence-electron chi connectivity index (χ4n) is 3.52. The first kappa shape index (κ1) is 17.0. The van der Waals surface area contributed by atoms with E-state index in [1.54, 1.807) is 0 Å². The van der Waals surface area contributed by atoms with Crippen molar-refractivity contribution in [1.82, 2.24) is 15.1 Å². The van der Waals surface area contributed by atoms with E-state index in [2.05, 4.69) is 24.2 Å². The van der Waals surface area contributed by atoms with E-state index in [-0.39, 0.29) is 0 Å². The number of rotatable bonds is 5. The van der Waals surface area contributed by atoms with Gasteiger partial charge in [0.05, 0.1) is 6.54 Å². The van der Waals surface area contributed by atoms with Crippen LogP contribution >= 0.6 is 0 Å². The molecule has 0 amide bonds. The Morgan fingerprint density at radius 2 is 1.81 bits per heavy atom. The van der Waals surface area contributed by atoms with Gasteiger partial charge >= 0.3 is 6.18 Å². The van der Waals surface area contributed by atoms with Crippen molar-refractivity contribution in [2.45, 2.75) is 38.4 Å². The lowest BCUT2D eigenvalue weighted by atomic mass is 9.90. The minimum Gasteiger partial charge on any atom is -0.314 e. The van der Waals surface area contributed by atoms with Crippen molar-refractivity contribution < 1.29 is 13.2 Å². The molecule has 2 fully saturated rings. The molecule has 3 nitrogen and oxygen atoms in total. The third-order valence-corrected chi connectivity index (χ3v) is 4.97. The quantitative estimate of drug-likeness (QED) is 0.840. The largest absolute Gasteiger partial charge is 0.401 e. The maximum Gasteiger partial charge on any atom is 0.401 e. The van der Waals surface area contributed by atoms with E-state index in [1.807, 2.05) is 0 Å². The normalized spacial score (nSPS) is 28.1. The van der Waals surface area contributed by atoms with Gasteiger partial charge in [0.25, 0.3) is 0 Å². The zero-order chi connectivity index (χ0) is 15.5. The highest BCUT2D eigenvalue weighted by Gasteiger charge is 2.34. The highest BCUT2D eigenvalue weighted by atomic mass is 19.4. The number of hydrogen-bond acceptors (Lipinski definition) is 3. The number of piperidine rings is 1. The molecule has 21 heavy (non-hydrogen) atoms. The first-order valence-electron chi connectivity index (χ1n) is 8.04. The molecule has 2 unspecified atom stereocenters. The summed E-state index contributed by atoms with van der Waals surface area (Å²) >= 11 is 0. The standard InChI is InChI=1S/C15H28F3N3/c1-12(14-4-6-20(2)7-5-14)19-9-13-3-8-21(10-13)11-15(16,17)18/h12-14,19H,3-11H2,1-2H3. The zero-order valence-electron chi connectivity index (χ0n) is 13.1. The maximum absolute atomic E-state index is 12.4. The summed E-state index contributed by atoms with van der Waals surface area (Å²) in [7, 11) is 2.15. The lowest BCUT2D eigenvalue weighted by molar-refractivity contribution is -0.143. The Bertz CT molecular complexity index is 314. The lowest BCUT2D eigenvalue weighted by Crippen LogP contribution is -2.42. The van der Waals surface area contributed by atoms with E-state index in [4.69, 9.17) is 0 Å². The third kappa shape index (κ3) is 5.75. The van der Waals surface area contributed by atoms with Crippen molar-refractivity contribution in [3.63, 3.8) is 0 Å². The van der Waals surface area contributed by atoms with Crippen molar-refractivity contribution in [1.29, 1.82) is 0 Å². The molecule has 0 aromatic heterocycles. The molecule has 0 aromatic carbocycles. The van der Waals surface area contributed by atoms with Gasteiger partial charge in [-0.2, -0.15) is 13.2 Å². The molecule has 2 rings (SSSR count). The Morgan fingerprint density at radius 1 is 1.14 bits per heavy atom. The van der Waals surface area contributed by atoms with E-state index in [0.29, 0.717) is 31.0 Å². The van der Waals surface area contributed by atoms with Crippen LogP contribution in [-0.2, 0) is 0 Å². The third-order valence-electron chi connectivity index (χ3n) is 4.97. The number of likely N-dealkylation sites (tertiary alicyclic amines) is 2. The van der Waals surface area contributed by atoms with Crippen molar-refractivity contribution in [3.05, 3.63) is 0 Å². The van der Waals surface area contributed by atoms with Gasteiger partial charge in [0, 0.05) is 12.6 Å². The van der Waals surface area contributed by atoms with Crippen LogP contribution in [-0.4, -0.2) is 68.3 Å². The van der Waals surface area contributed by atoms with Crippen molar-refractivity contribution >= 4 is 0 Å². The van der Waals surface area contributed by atoms with E-state index in [0.717, 1.165) is 26.1 Å². The van der Waals surface area contributed by atoms with Crippen molar-refractivity contribution in [2.24, 2.45) is 11.8 Å². The Hall–Kier alpha value is -0.330. The predicted molar refractivity (Wildman–Crippen MR) is 78.3 cm³/mol. The molecule has 2 aliphatic heterocycles. The summed E-state index contributed by atoms with van der Waals surface area (Å²) in [6.45, 7) is 5.77. The lowest BCUT2D eigenvalue weighted by Gasteiger charge is -2.33. The zero-order valence-corrected chi connectivity index (χ0v) is 13.1. The van der Waals surface area contributed by atoms with Crippen molar-refractivity contribution in [2.75, 3.05) is 46.3 Å². The van der Waals surface area contributed by atoms with E-state index in [1.165, 1.54) is 17.7 Å². The number of nitrogens with one attached hydrogen (secondary N) is 1. The van der Waals surface area contributed by atoms with Crippen LogP contribution in [0.3, 0.4) is 0 Å². The molecule has 0 bridgehead atoms. The Labute approximate surface area is 125 Å². The topological polar surface area (TPSA) is 18.5 Å². The summed E-state index contributed by atoms with van der Waals surface area (Å²) < 4.78 is 37.1. The van der Waals surface area contributed by atoms with Gasteiger partial charge in [-0.15, -0.1) is 0 Å². The number of nitrogens with zero attached hydrogens (tertiary/aromatic N) is 2. The predicted octanol–water partition coefficient (Wildman–Crippen LogP) is 2.19. The molecule has 2 saturated heterocycles. The summed E-state index contributed by atoms with van der Waals surface area (Å²) in [5.41, 5.74) is 0. The minimum absolute atomic E-state index is 0.362. The van der Waals surface area contributed by atoms with Crippen LogP contribution in [0.15, 0.2) is 0 Å². The van der Waals surface area contributed by atoms with E-state index in [9.17, 15) is 13.2 Å². The molecule has 2 atom stereocenters. The molecule has 0 radical (unpaired) electrons. The van der Waals surface area contributed by atoms with Crippen LogP contribution in [0.25, 0.3) is 0 Å². The van der Waals surface area contributed by atoms with Gasteiger partial charge in [-0.25, -0.2) is 0 Å². The average molecular weight is 307 g/mol. The molecule has 0 aromatic rings. The highest BCUT2D eigenvalue weighted by molar-refractivity contribution is 4.82. The van der Waals surface area contributed by atoms with Gasteiger partial charge in [0.1, 0.15) is 0 Å². The van der Waals surface area contributed by atoms with Crippen molar-refractivity contribution in [3.8, 4) is 0 Å². The monoisotopic (exact) mass is 307 g/mol. The Balaban J connectivity index is 1.65.